The van der Waals surface area contributed by atoms with Crippen molar-refractivity contribution in [1.82, 2.24) is 0 Å². The molecule has 0 amide bonds. The van der Waals surface area contributed by atoms with Crippen molar-refractivity contribution >= 4 is 5.97 Å². The molecule has 98 valence electrons. The summed E-state index contributed by atoms with van der Waals surface area (Å²) in [5.74, 6) is -1.19. The first-order valence-corrected chi connectivity index (χ1v) is 5.58. The standard InChI is InChI=1S/C14H17FO3/c1-14(2,7-6-13(16)17)9-10-4-5-12(18-3)11(15)8-10/h4-8H,9H2,1-3H3,(H,16,17)/b7-6+. The van der Waals surface area contributed by atoms with Crippen molar-refractivity contribution in [2.75, 3.05) is 7.11 Å². The Hall–Kier alpha value is -1.84. The van der Waals surface area contributed by atoms with Gasteiger partial charge in [-0.05, 0) is 29.5 Å². The van der Waals surface area contributed by atoms with E-state index in [2.05, 4.69) is 0 Å². The zero-order valence-corrected chi connectivity index (χ0v) is 10.7. The van der Waals surface area contributed by atoms with Gasteiger partial charge in [0, 0.05) is 6.08 Å². The molecule has 0 saturated heterocycles. The number of ether oxygens (including phenoxy) is 1. The van der Waals surface area contributed by atoms with Crippen LogP contribution in [0.25, 0.3) is 0 Å². The fraction of sp³-hybridized carbons (Fsp3) is 0.357. The molecular formula is C14H17FO3. The van der Waals surface area contributed by atoms with Crippen LogP contribution in [0, 0.1) is 11.2 Å². The summed E-state index contributed by atoms with van der Waals surface area (Å²) in [5, 5.41) is 8.59. The van der Waals surface area contributed by atoms with Crippen molar-refractivity contribution in [2.45, 2.75) is 20.3 Å². The van der Waals surface area contributed by atoms with Gasteiger partial charge in [0.25, 0.3) is 0 Å². The van der Waals surface area contributed by atoms with Crippen molar-refractivity contribution in [3.8, 4) is 5.75 Å². The molecule has 0 spiro atoms. The highest BCUT2D eigenvalue weighted by molar-refractivity contribution is 5.79. The lowest BCUT2D eigenvalue weighted by molar-refractivity contribution is -0.131. The quantitative estimate of drug-likeness (QED) is 0.819. The zero-order valence-electron chi connectivity index (χ0n) is 10.7. The lowest BCUT2D eigenvalue weighted by Gasteiger charge is -2.20. The van der Waals surface area contributed by atoms with Crippen molar-refractivity contribution in [3.63, 3.8) is 0 Å². The molecule has 18 heavy (non-hydrogen) atoms. The predicted molar refractivity (Wildman–Crippen MR) is 67.2 cm³/mol. The number of allylic oxidation sites excluding steroid dienone is 1. The van der Waals surface area contributed by atoms with E-state index in [1.165, 1.54) is 13.2 Å². The van der Waals surface area contributed by atoms with Crippen molar-refractivity contribution < 1.29 is 19.0 Å². The van der Waals surface area contributed by atoms with E-state index in [0.29, 0.717) is 6.42 Å². The average Bonchev–Trinajstić information content (AvgIpc) is 2.26. The van der Waals surface area contributed by atoms with Crippen molar-refractivity contribution in [3.05, 3.63) is 41.7 Å². The Balaban J connectivity index is 2.84. The lowest BCUT2D eigenvalue weighted by Crippen LogP contribution is -2.12. The monoisotopic (exact) mass is 252 g/mol. The Bertz CT molecular complexity index is 464. The molecule has 0 aliphatic carbocycles. The second kappa shape index (κ2) is 5.67. The molecule has 0 atom stereocenters. The van der Waals surface area contributed by atoms with Crippen LogP contribution in [0.3, 0.4) is 0 Å². The molecule has 0 saturated carbocycles. The number of methoxy groups -OCH3 is 1. The summed E-state index contributed by atoms with van der Waals surface area (Å²) in [4.78, 5) is 10.5. The zero-order chi connectivity index (χ0) is 13.8. The van der Waals surface area contributed by atoms with Gasteiger partial charge in [0.15, 0.2) is 11.6 Å². The van der Waals surface area contributed by atoms with Gasteiger partial charge < -0.3 is 9.84 Å². The van der Waals surface area contributed by atoms with Crippen LogP contribution >= 0.6 is 0 Å². The van der Waals surface area contributed by atoms with Crippen LogP contribution in [0.5, 0.6) is 5.75 Å². The van der Waals surface area contributed by atoms with Gasteiger partial charge in [0.1, 0.15) is 0 Å². The molecule has 4 heteroatoms. The normalized spacial score (nSPS) is 11.8. The summed E-state index contributed by atoms with van der Waals surface area (Å²) < 4.78 is 18.3. The average molecular weight is 252 g/mol. The molecule has 0 bridgehead atoms. The highest BCUT2D eigenvalue weighted by atomic mass is 19.1. The molecule has 1 rings (SSSR count). The molecule has 1 aromatic carbocycles. The van der Waals surface area contributed by atoms with E-state index in [1.54, 1.807) is 18.2 Å². The van der Waals surface area contributed by atoms with E-state index in [1.807, 2.05) is 13.8 Å². The number of benzene rings is 1. The Morgan fingerprint density at radius 3 is 2.67 bits per heavy atom. The fourth-order valence-corrected chi connectivity index (χ4v) is 1.70. The molecule has 1 N–H and O–H groups in total. The van der Waals surface area contributed by atoms with E-state index in [9.17, 15) is 9.18 Å². The number of hydrogen-bond acceptors (Lipinski definition) is 2. The summed E-state index contributed by atoms with van der Waals surface area (Å²) in [5.41, 5.74) is 0.452. The van der Waals surface area contributed by atoms with Gasteiger partial charge >= 0.3 is 5.97 Å². The minimum absolute atomic E-state index is 0.206. The molecule has 0 radical (unpaired) electrons. The van der Waals surface area contributed by atoms with E-state index >= 15 is 0 Å². The summed E-state index contributed by atoms with van der Waals surface area (Å²) >= 11 is 0. The summed E-state index contributed by atoms with van der Waals surface area (Å²) in [6, 6.07) is 4.76. The first-order valence-electron chi connectivity index (χ1n) is 5.58. The maximum Gasteiger partial charge on any atom is 0.327 e. The number of carboxylic acids is 1. The predicted octanol–water partition coefficient (Wildman–Crippen LogP) is 3.04. The topological polar surface area (TPSA) is 46.5 Å². The molecule has 0 heterocycles. The maximum atomic E-state index is 13.5. The van der Waals surface area contributed by atoms with Gasteiger partial charge in [0.2, 0.25) is 0 Å². The van der Waals surface area contributed by atoms with Gasteiger partial charge in [-0.2, -0.15) is 0 Å². The van der Waals surface area contributed by atoms with Crippen LogP contribution in [0.4, 0.5) is 4.39 Å². The third-order valence-electron chi connectivity index (χ3n) is 2.55. The van der Waals surface area contributed by atoms with Crippen LogP contribution in [-0.4, -0.2) is 18.2 Å². The first-order chi connectivity index (χ1) is 8.34. The number of hydrogen-bond donors (Lipinski definition) is 1. The third-order valence-corrected chi connectivity index (χ3v) is 2.55. The van der Waals surface area contributed by atoms with E-state index in [0.717, 1.165) is 11.6 Å². The number of rotatable bonds is 5. The third kappa shape index (κ3) is 4.20. The van der Waals surface area contributed by atoms with Gasteiger partial charge in [-0.25, -0.2) is 9.18 Å². The highest BCUT2D eigenvalue weighted by Gasteiger charge is 2.16. The Labute approximate surface area is 106 Å². The fourth-order valence-electron chi connectivity index (χ4n) is 1.70. The summed E-state index contributed by atoms with van der Waals surface area (Å²) in [6.45, 7) is 3.79. The van der Waals surface area contributed by atoms with Gasteiger partial charge in [-0.15, -0.1) is 0 Å². The maximum absolute atomic E-state index is 13.5. The van der Waals surface area contributed by atoms with Crippen LogP contribution in [0.1, 0.15) is 19.4 Å². The Morgan fingerprint density at radius 1 is 1.50 bits per heavy atom. The second-order valence-electron chi connectivity index (χ2n) is 4.81. The molecule has 0 aliphatic rings. The van der Waals surface area contributed by atoms with Crippen LogP contribution in [0.15, 0.2) is 30.4 Å². The molecule has 3 nitrogen and oxygen atoms in total. The summed E-state index contributed by atoms with van der Waals surface area (Å²) in [7, 11) is 1.41. The van der Waals surface area contributed by atoms with Crippen LogP contribution in [-0.2, 0) is 11.2 Å². The van der Waals surface area contributed by atoms with E-state index in [-0.39, 0.29) is 11.2 Å². The minimum atomic E-state index is -0.982. The van der Waals surface area contributed by atoms with E-state index < -0.39 is 11.8 Å². The van der Waals surface area contributed by atoms with E-state index in [4.69, 9.17) is 9.84 Å². The molecule has 0 aliphatic heterocycles. The van der Waals surface area contributed by atoms with Crippen LogP contribution in [0.2, 0.25) is 0 Å². The number of halogens is 1. The first kappa shape index (κ1) is 14.2. The Kier molecular flexibility index (Phi) is 4.48. The van der Waals surface area contributed by atoms with Gasteiger partial charge in [-0.1, -0.05) is 26.0 Å². The molecule has 0 aromatic heterocycles. The van der Waals surface area contributed by atoms with Crippen molar-refractivity contribution in [1.29, 1.82) is 0 Å². The number of aliphatic carboxylic acids is 1. The highest BCUT2D eigenvalue weighted by Crippen LogP contribution is 2.26. The largest absolute Gasteiger partial charge is 0.494 e. The van der Waals surface area contributed by atoms with Gasteiger partial charge in [0.05, 0.1) is 7.11 Å². The smallest absolute Gasteiger partial charge is 0.327 e. The molecule has 0 unspecified atom stereocenters. The second-order valence-corrected chi connectivity index (χ2v) is 4.81. The van der Waals surface area contributed by atoms with Crippen molar-refractivity contribution in [2.24, 2.45) is 5.41 Å². The minimum Gasteiger partial charge on any atom is -0.494 e. The number of carbonyl (C=O) groups is 1. The van der Waals surface area contributed by atoms with Crippen LogP contribution < -0.4 is 4.74 Å². The van der Waals surface area contributed by atoms with Gasteiger partial charge in [-0.3, -0.25) is 0 Å². The summed E-state index contributed by atoms with van der Waals surface area (Å²) in [6.07, 6.45) is 3.27. The SMILES string of the molecule is COc1ccc(CC(C)(C)/C=C/C(=O)O)cc1F. The molecule has 1 aromatic rings. The number of carboxylic acid groups (broad SMARTS) is 1. The lowest BCUT2D eigenvalue weighted by atomic mass is 9.85. The molecule has 0 fully saturated rings. The molecular weight excluding hydrogens is 235 g/mol. The Morgan fingerprint density at radius 2 is 2.17 bits per heavy atom.